The van der Waals surface area contributed by atoms with E-state index < -0.39 is 0 Å². The van der Waals surface area contributed by atoms with Crippen LogP contribution in [0.2, 0.25) is 0 Å². The van der Waals surface area contributed by atoms with E-state index in [1.54, 1.807) is 7.05 Å². The number of quaternary nitrogens is 1. The number of likely N-dealkylation sites (N-methyl/N-ethyl adjacent to an activating group) is 2. The van der Waals surface area contributed by atoms with Crippen molar-refractivity contribution >= 4 is 16.7 Å². The van der Waals surface area contributed by atoms with Gasteiger partial charge in [-0.25, -0.2) is 0 Å². The van der Waals surface area contributed by atoms with E-state index in [2.05, 4.69) is 48.8 Å². The minimum absolute atomic E-state index is 0.0449. The molecule has 0 aromatic heterocycles. The van der Waals surface area contributed by atoms with Crippen LogP contribution < -0.4 is 10.2 Å². The molecule has 2 aromatic rings. The summed E-state index contributed by atoms with van der Waals surface area (Å²) in [6.45, 7) is 2.80. The third-order valence-corrected chi connectivity index (χ3v) is 3.68. The molecule has 0 aliphatic heterocycles. The van der Waals surface area contributed by atoms with E-state index in [1.165, 1.54) is 21.2 Å². The van der Waals surface area contributed by atoms with Gasteiger partial charge in [-0.3, -0.25) is 4.79 Å². The Balaban J connectivity index is 2.14. The summed E-state index contributed by atoms with van der Waals surface area (Å²) >= 11 is 0. The van der Waals surface area contributed by atoms with E-state index in [0.29, 0.717) is 0 Å². The highest BCUT2D eigenvalue weighted by molar-refractivity contribution is 5.83. The van der Waals surface area contributed by atoms with Crippen LogP contribution >= 0.6 is 0 Å². The first-order valence-electron chi connectivity index (χ1n) is 6.63. The summed E-state index contributed by atoms with van der Waals surface area (Å²) in [5.74, 6) is 0.0817. The van der Waals surface area contributed by atoms with Gasteiger partial charge in [0.25, 0.3) is 5.91 Å². The lowest BCUT2D eigenvalue weighted by atomic mass is 10.1. The summed E-state index contributed by atoms with van der Waals surface area (Å²) in [4.78, 5) is 12.8. The van der Waals surface area contributed by atoms with Crippen LogP contribution in [0.25, 0.3) is 10.8 Å². The van der Waals surface area contributed by atoms with Crippen LogP contribution in [-0.4, -0.2) is 26.0 Å². The van der Waals surface area contributed by atoms with Crippen LogP contribution in [0.15, 0.2) is 42.5 Å². The van der Waals surface area contributed by atoms with Gasteiger partial charge < -0.3 is 10.2 Å². The number of nitrogens with one attached hydrogen (secondary N) is 2. The Morgan fingerprint density at radius 3 is 2.58 bits per heavy atom. The van der Waals surface area contributed by atoms with Crippen LogP contribution in [-0.2, 0) is 11.3 Å². The lowest BCUT2D eigenvalue weighted by molar-refractivity contribution is -0.908. The van der Waals surface area contributed by atoms with Gasteiger partial charge in [0, 0.05) is 12.6 Å². The Labute approximate surface area is 114 Å². The maximum atomic E-state index is 11.6. The highest BCUT2D eigenvalue weighted by Crippen LogP contribution is 2.14. The van der Waals surface area contributed by atoms with Crippen LogP contribution in [0.1, 0.15) is 12.5 Å². The summed E-state index contributed by atoms with van der Waals surface area (Å²) in [7, 11) is 3.73. The maximum absolute atomic E-state index is 11.6. The first-order chi connectivity index (χ1) is 9.11. The zero-order valence-corrected chi connectivity index (χ0v) is 11.7. The van der Waals surface area contributed by atoms with Crippen LogP contribution in [0.3, 0.4) is 0 Å². The molecule has 0 radical (unpaired) electrons. The molecule has 2 rings (SSSR count). The van der Waals surface area contributed by atoms with E-state index in [9.17, 15) is 4.79 Å². The molecule has 100 valence electrons. The molecule has 1 amide bonds. The second-order valence-electron chi connectivity index (χ2n) is 5.04. The molecule has 19 heavy (non-hydrogen) atoms. The van der Waals surface area contributed by atoms with Gasteiger partial charge in [-0.05, 0) is 23.8 Å². The number of hydrogen-bond donors (Lipinski definition) is 2. The SMILES string of the molecule is CNC(=O)[C@H](C)[NH+](C)Cc1ccc2ccccc2c1. The van der Waals surface area contributed by atoms with Gasteiger partial charge in [0.15, 0.2) is 6.04 Å². The number of carbonyl (C=O) groups is 1. The molecule has 3 heteroatoms. The smallest absolute Gasteiger partial charge is 0.277 e. The largest absolute Gasteiger partial charge is 0.354 e. The molecule has 1 unspecified atom stereocenters. The van der Waals surface area contributed by atoms with Gasteiger partial charge >= 0.3 is 0 Å². The average molecular weight is 257 g/mol. The molecule has 3 nitrogen and oxygen atoms in total. The van der Waals surface area contributed by atoms with Gasteiger partial charge in [-0.2, -0.15) is 0 Å². The number of amides is 1. The highest BCUT2D eigenvalue weighted by Gasteiger charge is 2.20. The minimum Gasteiger partial charge on any atom is -0.354 e. The fourth-order valence-electron chi connectivity index (χ4n) is 2.26. The van der Waals surface area contributed by atoms with Crippen LogP contribution in [0, 0.1) is 0 Å². The summed E-state index contributed by atoms with van der Waals surface area (Å²) in [5.41, 5.74) is 1.26. The summed E-state index contributed by atoms with van der Waals surface area (Å²) in [6.07, 6.45) is 0. The van der Waals surface area contributed by atoms with E-state index in [0.717, 1.165) is 6.54 Å². The number of hydrogen-bond acceptors (Lipinski definition) is 1. The lowest BCUT2D eigenvalue weighted by Crippen LogP contribution is -3.12. The molecule has 0 aliphatic rings. The fraction of sp³-hybridized carbons (Fsp3) is 0.312. The molecule has 2 atom stereocenters. The molecule has 0 fully saturated rings. The molecule has 2 aromatic carbocycles. The van der Waals surface area contributed by atoms with Crippen molar-refractivity contribution in [2.24, 2.45) is 0 Å². The van der Waals surface area contributed by atoms with Gasteiger partial charge in [0.1, 0.15) is 6.54 Å². The number of carbonyl (C=O) groups excluding carboxylic acids is 1. The summed E-state index contributed by atoms with van der Waals surface area (Å²) < 4.78 is 0. The molecule has 0 spiro atoms. The van der Waals surface area contributed by atoms with Gasteiger partial charge in [0.05, 0.1) is 7.05 Å². The quantitative estimate of drug-likeness (QED) is 0.841. The zero-order chi connectivity index (χ0) is 13.8. The molecule has 0 heterocycles. The van der Waals surface area contributed by atoms with E-state index >= 15 is 0 Å². The number of rotatable bonds is 4. The van der Waals surface area contributed by atoms with E-state index in [1.807, 2.05) is 13.0 Å². The molecule has 0 saturated heterocycles. The number of fused-ring (bicyclic) bond motifs is 1. The molecule has 2 N–H and O–H groups in total. The summed E-state index contributed by atoms with van der Waals surface area (Å²) in [6, 6.07) is 14.8. The fourth-order valence-corrected chi connectivity index (χ4v) is 2.26. The van der Waals surface area contributed by atoms with Gasteiger partial charge in [0.2, 0.25) is 0 Å². The molecular formula is C16H21N2O+. The normalized spacial score (nSPS) is 14.1. The maximum Gasteiger partial charge on any atom is 0.277 e. The molecule has 0 bridgehead atoms. The predicted molar refractivity (Wildman–Crippen MR) is 78.1 cm³/mol. The van der Waals surface area contributed by atoms with Crippen molar-refractivity contribution in [3.63, 3.8) is 0 Å². The summed E-state index contributed by atoms with van der Waals surface area (Å²) in [5, 5.41) is 5.20. The first kappa shape index (κ1) is 13.6. The molecule has 0 saturated carbocycles. The molecular weight excluding hydrogens is 236 g/mol. The predicted octanol–water partition coefficient (Wildman–Crippen LogP) is 0.989. The average Bonchev–Trinajstić information content (AvgIpc) is 2.45. The lowest BCUT2D eigenvalue weighted by Gasteiger charge is -2.20. The third kappa shape index (κ3) is 3.12. The van der Waals surface area contributed by atoms with E-state index in [4.69, 9.17) is 0 Å². The Bertz CT molecular complexity index is 580. The topological polar surface area (TPSA) is 33.5 Å². The van der Waals surface area contributed by atoms with Crippen LogP contribution in [0.5, 0.6) is 0 Å². The Kier molecular flexibility index (Phi) is 4.17. The standard InChI is InChI=1S/C16H20N2O/c1-12(16(19)17-2)18(3)11-13-8-9-14-6-4-5-7-15(14)10-13/h4-10,12H,11H2,1-3H3,(H,17,19)/p+1/t12-/m0/s1. The second kappa shape index (κ2) is 5.85. The van der Waals surface area contributed by atoms with Crippen molar-refractivity contribution in [3.05, 3.63) is 48.0 Å². The first-order valence-corrected chi connectivity index (χ1v) is 6.63. The van der Waals surface area contributed by atoms with Crippen molar-refractivity contribution < 1.29 is 9.69 Å². The monoisotopic (exact) mass is 257 g/mol. The van der Waals surface area contributed by atoms with Crippen molar-refractivity contribution in [1.29, 1.82) is 0 Å². The highest BCUT2D eigenvalue weighted by atomic mass is 16.2. The second-order valence-corrected chi connectivity index (χ2v) is 5.04. The third-order valence-electron chi connectivity index (χ3n) is 3.68. The van der Waals surface area contributed by atoms with Crippen molar-refractivity contribution in [1.82, 2.24) is 5.32 Å². The Morgan fingerprint density at radius 1 is 1.21 bits per heavy atom. The molecule has 0 aliphatic carbocycles. The van der Waals surface area contributed by atoms with Crippen molar-refractivity contribution in [2.45, 2.75) is 19.5 Å². The van der Waals surface area contributed by atoms with Crippen molar-refractivity contribution in [3.8, 4) is 0 Å². The van der Waals surface area contributed by atoms with Crippen LogP contribution in [0.4, 0.5) is 0 Å². The Morgan fingerprint density at radius 2 is 1.89 bits per heavy atom. The number of benzene rings is 2. The van der Waals surface area contributed by atoms with Gasteiger partial charge in [-0.1, -0.05) is 36.4 Å². The Hall–Kier alpha value is -1.87. The minimum atomic E-state index is -0.0449. The zero-order valence-electron chi connectivity index (χ0n) is 11.7. The van der Waals surface area contributed by atoms with E-state index in [-0.39, 0.29) is 11.9 Å². The van der Waals surface area contributed by atoms with Crippen molar-refractivity contribution in [2.75, 3.05) is 14.1 Å². The van der Waals surface area contributed by atoms with Gasteiger partial charge in [-0.15, -0.1) is 0 Å².